The minimum atomic E-state index is -4.76. The molecule has 3 amide bonds. The number of nitrogens with zero attached hydrogens (tertiary/aromatic N) is 3. The van der Waals surface area contributed by atoms with E-state index in [0.717, 1.165) is 11.3 Å². The van der Waals surface area contributed by atoms with Gasteiger partial charge in [0.2, 0.25) is 5.60 Å². The zero-order chi connectivity index (χ0) is 23.6. The molecule has 1 aliphatic rings. The van der Waals surface area contributed by atoms with Crippen molar-refractivity contribution in [1.82, 2.24) is 19.9 Å². The predicted octanol–water partition coefficient (Wildman–Crippen LogP) is -1.51. The largest absolute Gasteiger partial charge is 0.379 e. The highest BCUT2D eigenvalue weighted by atomic mass is 32.2. The fourth-order valence-corrected chi connectivity index (χ4v) is 3.89. The lowest BCUT2D eigenvalue weighted by Crippen LogP contribution is -2.71. The molecule has 0 saturated carbocycles. The smallest absolute Gasteiger partial charge is 0.362 e. The summed E-state index contributed by atoms with van der Waals surface area (Å²) >= 11 is 1.01. The van der Waals surface area contributed by atoms with Crippen LogP contribution < -0.4 is 16.4 Å². The number of terminal acetylenes is 1. The molecule has 168 valence electrons. The maximum absolute atomic E-state index is 12.8. The van der Waals surface area contributed by atoms with E-state index in [2.05, 4.69) is 26.7 Å². The molecule has 1 fully saturated rings. The molecule has 0 aliphatic carbocycles. The standard InChI is InChI=1S/C16H20N6O7S2/c1-5-6-18-14(25)16(3,4)29-21-11(9-7-30-15(17)19-9)12(23)20-10-8(2)22(13(10)24)31(26,27)28/h1,7-8,10H,6H2,2-4H3,(H2,17,19)(H,18,25)(H,20,23)(H,26,27,28)/b21-11-/t8-,10-/m0/s1. The topological polar surface area (TPSA) is 193 Å². The number of carbonyl (C=O) groups is 3. The van der Waals surface area contributed by atoms with Crippen LogP contribution in [0.1, 0.15) is 26.5 Å². The fourth-order valence-electron chi connectivity index (χ4n) is 2.46. The molecule has 1 saturated heterocycles. The summed E-state index contributed by atoms with van der Waals surface area (Å²) < 4.78 is 31.7. The molecule has 15 heteroatoms. The molecule has 0 radical (unpaired) electrons. The second-order valence-corrected chi connectivity index (χ2v) is 8.98. The van der Waals surface area contributed by atoms with E-state index in [0.29, 0.717) is 0 Å². The van der Waals surface area contributed by atoms with Gasteiger partial charge in [-0.3, -0.25) is 18.9 Å². The molecule has 31 heavy (non-hydrogen) atoms. The number of amides is 3. The van der Waals surface area contributed by atoms with Crippen molar-refractivity contribution in [2.45, 2.75) is 38.5 Å². The quantitative estimate of drug-likeness (QED) is 0.114. The summed E-state index contributed by atoms with van der Waals surface area (Å²) in [6.45, 7) is 4.04. The second-order valence-electron chi connectivity index (χ2n) is 6.80. The number of nitrogen functional groups attached to an aromatic ring is 1. The zero-order valence-corrected chi connectivity index (χ0v) is 18.3. The van der Waals surface area contributed by atoms with Crippen LogP contribution in [0.2, 0.25) is 0 Å². The fraction of sp³-hybridized carbons (Fsp3) is 0.438. The highest BCUT2D eigenvalue weighted by Gasteiger charge is 2.51. The van der Waals surface area contributed by atoms with Crippen LogP contribution in [0.25, 0.3) is 0 Å². The van der Waals surface area contributed by atoms with E-state index in [9.17, 15) is 22.8 Å². The maximum atomic E-state index is 12.8. The molecule has 1 aromatic rings. The number of hydrogen-bond acceptors (Lipinski definition) is 10. The highest BCUT2D eigenvalue weighted by Crippen LogP contribution is 2.23. The van der Waals surface area contributed by atoms with Gasteiger partial charge in [0.25, 0.3) is 17.7 Å². The molecule has 0 unspecified atom stereocenters. The van der Waals surface area contributed by atoms with Crippen molar-refractivity contribution in [1.29, 1.82) is 0 Å². The molecule has 13 nitrogen and oxygen atoms in total. The number of oxime groups is 1. The van der Waals surface area contributed by atoms with Crippen molar-refractivity contribution in [3.63, 3.8) is 0 Å². The van der Waals surface area contributed by atoms with E-state index < -0.39 is 51.4 Å². The molecule has 2 rings (SSSR count). The summed E-state index contributed by atoms with van der Waals surface area (Å²) in [5, 5.41) is 9.97. The Balaban J connectivity index is 2.24. The van der Waals surface area contributed by atoms with Crippen molar-refractivity contribution >= 4 is 50.2 Å². The lowest BCUT2D eigenvalue weighted by Gasteiger charge is -2.42. The third kappa shape index (κ3) is 5.29. The summed E-state index contributed by atoms with van der Waals surface area (Å²) in [5.74, 6) is -0.338. The Morgan fingerprint density at radius 1 is 1.52 bits per heavy atom. The number of nitrogens with one attached hydrogen (secondary N) is 2. The van der Waals surface area contributed by atoms with Crippen LogP contribution in [-0.2, 0) is 29.5 Å². The van der Waals surface area contributed by atoms with Crippen molar-refractivity contribution in [3.8, 4) is 12.3 Å². The molecule has 1 aromatic heterocycles. The van der Waals surface area contributed by atoms with Gasteiger partial charge >= 0.3 is 10.3 Å². The van der Waals surface area contributed by atoms with Crippen molar-refractivity contribution < 1.29 is 32.2 Å². The van der Waals surface area contributed by atoms with Gasteiger partial charge in [-0.1, -0.05) is 11.1 Å². The highest BCUT2D eigenvalue weighted by molar-refractivity contribution is 7.84. The van der Waals surface area contributed by atoms with Gasteiger partial charge in [0.1, 0.15) is 11.7 Å². The van der Waals surface area contributed by atoms with Gasteiger partial charge in [0, 0.05) is 5.38 Å². The average molecular weight is 473 g/mol. The molecule has 5 N–H and O–H groups in total. The number of aromatic nitrogens is 1. The van der Waals surface area contributed by atoms with Crippen molar-refractivity contribution in [2.75, 3.05) is 12.3 Å². The Labute approximate surface area is 181 Å². The third-order valence-electron chi connectivity index (χ3n) is 4.11. The molecule has 0 bridgehead atoms. The van der Waals surface area contributed by atoms with Gasteiger partial charge in [-0.05, 0) is 20.8 Å². The molecule has 1 aliphatic heterocycles. The maximum Gasteiger partial charge on any atom is 0.362 e. The first-order valence-corrected chi connectivity index (χ1v) is 10.9. The Morgan fingerprint density at radius 3 is 2.65 bits per heavy atom. The van der Waals surface area contributed by atoms with Gasteiger partial charge in [-0.2, -0.15) is 8.42 Å². The van der Waals surface area contributed by atoms with Crippen LogP contribution in [0.4, 0.5) is 5.13 Å². The van der Waals surface area contributed by atoms with Crippen LogP contribution in [0.3, 0.4) is 0 Å². The normalized spacial score (nSPS) is 19.3. The van der Waals surface area contributed by atoms with E-state index in [1.807, 2.05) is 0 Å². The lowest BCUT2D eigenvalue weighted by atomic mass is 10.0. The first kappa shape index (κ1) is 24.1. The summed E-state index contributed by atoms with van der Waals surface area (Å²) in [6.07, 6.45) is 5.10. The van der Waals surface area contributed by atoms with E-state index in [1.54, 1.807) is 0 Å². The molecule has 2 heterocycles. The summed E-state index contributed by atoms with van der Waals surface area (Å²) in [5.41, 5.74) is 3.67. The first-order valence-electron chi connectivity index (χ1n) is 8.60. The Hall–Kier alpha value is -3.22. The molecular formula is C16H20N6O7S2. The third-order valence-corrected chi connectivity index (χ3v) is 5.80. The van der Waals surface area contributed by atoms with E-state index in [4.69, 9.17) is 21.5 Å². The monoisotopic (exact) mass is 472 g/mol. The van der Waals surface area contributed by atoms with Crippen molar-refractivity contribution in [3.05, 3.63) is 11.1 Å². The second kappa shape index (κ2) is 8.88. The van der Waals surface area contributed by atoms with Gasteiger partial charge < -0.3 is 21.2 Å². The Kier molecular flexibility index (Phi) is 6.89. The average Bonchev–Trinajstić information content (AvgIpc) is 3.09. The van der Waals surface area contributed by atoms with Gasteiger partial charge in [0.15, 0.2) is 10.8 Å². The Morgan fingerprint density at radius 2 is 2.16 bits per heavy atom. The van der Waals surface area contributed by atoms with E-state index >= 15 is 0 Å². The van der Waals surface area contributed by atoms with Crippen molar-refractivity contribution in [2.24, 2.45) is 5.16 Å². The number of anilines is 1. The summed E-state index contributed by atoms with van der Waals surface area (Å²) in [4.78, 5) is 46.1. The SMILES string of the molecule is C#CCNC(=O)C(C)(C)O/N=C(\C(=O)N[C@@H]1C(=O)N(S(=O)(=O)O)[C@H]1C)c1csc(N)n1. The Bertz CT molecular complexity index is 1070. The molecule has 0 aromatic carbocycles. The summed E-state index contributed by atoms with van der Waals surface area (Å²) in [6, 6.07) is -2.29. The van der Waals surface area contributed by atoms with Crippen LogP contribution in [0, 0.1) is 12.3 Å². The number of thiazole rings is 1. The molecule has 2 atom stereocenters. The van der Waals surface area contributed by atoms with Gasteiger partial charge in [-0.25, -0.2) is 9.29 Å². The number of β-lactam (4-membered cyclic amide) rings is 1. The number of carbonyl (C=O) groups excluding carboxylic acids is 3. The molecule has 0 spiro atoms. The van der Waals surface area contributed by atoms with Crippen LogP contribution in [0.15, 0.2) is 10.5 Å². The first-order chi connectivity index (χ1) is 14.3. The number of nitrogens with two attached hydrogens (primary N) is 1. The van der Waals surface area contributed by atoms with E-state index in [-0.39, 0.29) is 21.7 Å². The number of hydrogen-bond donors (Lipinski definition) is 4. The van der Waals surface area contributed by atoms with Gasteiger partial charge in [-0.15, -0.1) is 17.8 Å². The lowest BCUT2D eigenvalue weighted by molar-refractivity contribution is -0.144. The predicted molar refractivity (Wildman–Crippen MR) is 110 cm³/mol. The van der Waals surface area contributed by atoms with Crippen LogP contribution >= 0.6 is 11.3 Å². The summed E-state index contributed by atoms with van der Waals surface area (Å²) in [7, 11) is -4.76. The van der Waals surface area contributed by atoms with Crippen LogP contribution in [0.5, 0.6) is 0 Å². The molecular weight excluding hydrogens is 452 g/mol. The van der Waals surface area contributed by atoms with E-state index in [1.165, 1.54) is 26.2 Å². The van der Waals surface area contributed by atoms with Gasteiger partial charge in [0.05, 0.1) is 12.6 Å². The number of rotatable bonds is 8. The van der Waals surface area contributed by atoms with Crippen LogP contribution in [-0.4, -0.2) is 69.9 Å². The zero-order valence-electron chi connectivity index (χ0n) is 16.6. The minimum absolute atomic E-state index is 0.00546. The minimum Gasteiger partial charge on any atom is -0.379 e.